The molecule has 0 fully saturated rings. The number of aromatic amines is 1. The Labute approximate surface area is 179 Å². The Morgan fingerprint density at radius 3 is 2.60 bits per heavy atom. The minimum Gasteiger partial charge on any atom is -0.438 e. The fourth-order valence-electron chi connectivity index (χ4n) is 2.80. The number of nitriles is 2. The van der Waals surface area contributed by atoms with E-state index in [-0.39, 0.29) is 11.9 Å². The van der Waals surface area contributed by atoms with Gasteiger partial charge in [-0.2, -0.15) is 20.5 Å². The first kappa shape index (κ1) is 19.4. The zero-order chi connectivity index (χ0) is 21.1. The van der Waals surface area contributed by atoms with Crippen molar-refractivity contribution in [3.05, 3.63) is 64.0 Å². The van der Waals surface area contributed by atoms with Gasteiger partial charge < -0.3 is 14.5 Å². The first-order chi connectivity index (χ1) is 14.6. The standard InChI is InChI=1S/C21H13BrN6O2/c1-2-16-18(22)17-19(26-16)27-21(30-15-7-13(9-24)10-25-11-15)28-20(17)29-14-5-3-4-12(6-14)8-23/h3-7,10-11H,2H2,1H3,(H,26,27,28). The lowest BCUT2D eigenvalue weighted by Crippen LogP contribution is -1.97. The number of nitrogens with one attached hydrogen (secondary N) is 1. The van der Waals surface area contributed by atoms with Gasteiger partial charge in [0, 0.05) is 18.0 Å². The van der Waals surface area contributed by atoms with Crippen LogP contribution in [-0.2, 0) is 6.42 Å². The third kappa shape index (κ3) is 3.79. The molecule has 4 aromatic rings. The first-order valence-electron chi connectivity index (χ1n) is 8.90. The summed E-state index contributed by atoms with van der Waals surface area (Å²) in [6.45, 7) is 2.01. The van der Waals surface area contributed by atoms with E-state index in [4.69, 9.17) is 20.0 Å². The average molecular weight is 461 g/mol. The third-order valence-corrected chi connectivity index (χ3v) is 5.07. The van der Waals surface area contributed by atoms with Crippen LogP contribution in [0.25, 0.3) is 11.0 Å². The van der Waals surface area contributed by atoms with Crippen LogP contribution in [0.5, 0.6) is 23.4 Å². The predicted molar refractivity (Wildman–Crippen MR) is 111 cm³/mol. The molecule has 0 aliphatic heterocycles. The van der Waals surface area contributed by atoms with Gasteiger partial charge in [-0.05, 0) is 40.5 Å². The van der Waals surface area contributed by atoms with Crippen LogP contribution < -0.4 is 9.47 Å². The maximum absolute atomic E-state index is 9.14. The average Bonchev–Trinajstić information content (AvgIpc) is 3.09. The van der Waals surface area contributed by atoms with Crippen LogP contribution >= 0.6 is 15.9 Å². The van der Waals surface area contributed by atoms with E-state index in [1.165, 1.54) is 12.4 Å². The van der Waals surface area contributed by atoms with Gasteiger partial charge >= 0.3 is 6.01 Å². The minimum atomic E-state index is 0.0298. The molecule has 3 heterocycles. The van der Waals surface area contributed by atoms with Gasteiger partial charge in [0.15, 0.2) is 5.75 Å². The molecule has 30 heavy (non-hydrogen) atoms. The number of rotatable bonds is 5. The molecule has 0 saturated carbocycles. The van der Waals surface area contributed by atoms with Crippen molar-refractivity contribution in [1.82, 2.24) is 19.9 Å². The summed E-state index contributed by atoms with van der Waals surface area (Å²) in [7, 11) is 0. The largest absolute Gasteiger partial charge is 0.438 e. The normalized spacial score (nSPS) is 10.4. The molecule has 0 amide bonds. The number of benzene rings is 1. The van der Waals surface area contributed by atoms with Crippen LogP contribution in [-0.4, -0.2) is 19.9 Å². The fourth-order valence-corrected chi connectivity index (χ4v) is 3.54. The van der Waals surface area contributed by atoms with Gasteiger partial charge in [-0.15, -0.1) is 0 Å². The molecule has 0 bridgehead atoms. The van der Waals surface area contributed by atoms with Crippen molar-refractivity contribution in [1.29, 1.82) is 10.5 Å². The monoisotopic (exact) mass is 460 g/mol. The van der Waals surface area contributed by atoms with Crippen molar-refractivity contribution >= 4 is 27.0 Å². The lowest BCUT2D eigenvalue weighted by molar-refractivity contribution is 0.415. The number of halogens is 1. The topological polar surface area (TPSA) is 120 Å². The van der Waals surface area contributed by atoms with Gasteiger partial charge in [-0.1, -0.05) is 13.0 Å². The highest BCUT2D eigenvalue weighted by Gasteiger charge is 2.19. The SMILES string of the molecule is CCc1[nH]c2nc(Oc3cncc(C#N)c3)nc(Oc3cccc(C#N)c3)c2c1Br. The van der Waals surface area contributed by atoms with E-state index in [1.807, 2.05) is 13.0 Å². The number of aromatic nitrogens is 4. The smallest absolute Gasteiger partial charge is 0.327 e. The number of hydrogen-bond donors (Lipinski definition) is 1. The maximum atomic E-state index is 9.14. The molecule has 0 aliphatic rings. The minimum absolute atomic E-state index is 0.0298. The van der Waals surface area contributed by atoms with Gasteiger partial charge in [0.1, 0.15) is 17.5 Å². The van der Waals surface area contributed by atoms with Gasteiger partial charge in [-0.25, -0.2) is 0 Å². The number of pyridine rings is 1. The molecule has 1 aromatic carbocycles. The Morgan fingerprint density at radius 1 is 1.03 bits per heavy atom. The van der Waals surface area contributed by atoms with E-state index in [9.17, 15) is 0 Å². The lowest BCUT2D eigenvalue weighted by Gasteiger charge is -2.09. The Kier molecular flexibility index (Phi) is 5.29. The zero-order valence-corrected chi connectivity index (χ0v) is 17.3. The van der Waals surface area contributed by atoms with Crippen molar-refractivity contribution in [3.63, 3.8) is 0 Å². The Hall–Kier alpha value is -3.95. The van der Waals surface area contributed by atoms with E-state index < -0.39 is 0 Å². The summed E-state index contributed by atoms with van der Waals surface area (Å²) in [6.07, 6.45) is 3.64. The van der Waals surface area contributed by atoms with E-state index in [1.54, 1.807) is 30.3 Å². The van der Waals surface area contributed by atoms with E-state index >= 15 is 0 Å². The Balaban J connectivity index is 1.80. The summed E-state index contributed by atoms with van der Waals surface area (Å²) in [6, 6.07) is 12.4. The summed E-state index contributed by atoms with van der Waals surface area (Å²) in [5.41, 5.74) is 2.28. The molecule has 146 valence electrons. The number of nitrogens with zero attached hydrogens (tertiary/aromatic N) is 5. The summed E-state index contributed by atoms with van der Waals surface area (Å²) >= 11 is 3.58. The van der Waals surface area contributed by atoms with E-state index in [0.717, 1.165) is 16.6 Å². The number of fused-ring (bicyclic) bond motifs is 1. The zero-order valence-electron chi connectivity index (χ0n) is 15.7. The lowest BCUT2D eigenvalue weighted by atomic mass is 10.2. The molecular weight excluding hydrogens is 448 g/mol. The highest BCUT2D eigenvalue weighted by Crippen LogP contribution is 2.37. The number of aryl methyl sites for hydroxylation is 1. The van der Waals surface area contributed by atoms with Crippen molar-refractivity contribution in [2.75, 3.05) is 0 Å². The summed E-state index contributed by atoms with van der Waals surface area (Å²) in [5, 5.41) is 18.8. The summed E-state index contributed by atoms with van der Waals surface area (Å²) < 4.78 is 12.5. The number of ether oxygens (including phenoxy) is 2. The molecule has 9 heteroatoms. The van der Waals surface area contributed by atoms with Crippen LogP contribution in [0.2, 0.25) is 0 Å². The van der Waals surface area contributed by atoms with Gasteiger partial charge in [-0.3, -0.25) is 4.98 Å². The van der Waals surface area contributed by atoms with Crippen LogP contribution in [0.1, 0.15) is 23.7 Å². The summed E-state index contributed by atoms with van der Waals surface area (Å²) in [4.78, 5) is 16.0. The highest BCUT2D eigenvalue weighted by atomic mass is 79.9. The van der Waals surface area contributed by atoms with Crippen LogP contribution in [0.3, 0.4) is 0 Å². The second-order valence-electron chi connectivity index (χ2n) is 6.17. The van der Waals surface area contributed by atoms with Crippen LogP contribution in [0, 0.1) is 22.7 Å². The maximum Gasteiger partial charge on any atom is 0.327 e. The molecule has 3 aromatic heterocycles. The molecule has 0 saturated heterocycles. The van der Waals surface area contributed by atoms with Gasteiger partial charge in [0.2, 0.25) is 5.88 Å². The predicted octanol–water partition coefficient (Wildman–Crippen LogP) is 5.01. The van der Waals surface area contributed by atoms with E-state index in [2.05, 4.69) is 41.9 Å². The second kappa shape index (κ2) is 8.19. The van der Waals surface area contributed by atoms with Crippen molar-refractivity contribution in [2.24, 2.45) is 0 Å². The quantitative estimate of drug-likeness (QED) is 0.444. The Bertz CT molecular complexity index is 1340. The fraction of sp³-hybridized carbons (Fsp3) is 0.0952. The van der Waals surface area contributed by atoms with Crippen molar-refractivity contribution < 1.29 is 9.47 Å². The van der Waals surface area contributed by atoms with Crippen molar-refractivity contribution in [3.8, 4) is 35.5 Å². The molecule has 0 atom stereocenters. The molecule has 8 nitrogen and oxygen atoms in total. The molecule has 0 unspecified atom stereocenters. The molecule has 1 N–H and O–H groups in total. The third-order valence-electron chi connectivity index (χ3n) is 4.19. The molecule has 0 aliphatic carbocycles. The molecule has 0 spiro atoms. The second-order valence-corrected chi connectivity index (χ2v) is 6.96. The van der Waals surface area contributed by atoms with Gasteiger partial charge in [0.25, 0.3) is 0 Å². The van der Waals surface area contributed by atoms with Crippen LogP contribution in [0.4, 0.5) is 0 Å². The molecular formula is C21H13BrN6O2. The Morgan fingerprint density at radius 2 is 1.83 bits per heavy atom. The molecule has 0 radical (unpaired) electrons. The highest BCUT2D eigenvalue weighted by molar-refractivity contribution is 9.10. The van der Waals surface area contributed by atoms with E-state index in [0.29, 0.717) is 33.7 Å². The van der Waals surface area contributed by atoms with Crippen molar-refractivity contribution in [2.45, 2.75) is 13.3 Å². The van der Waals surface area contributed by atoms with Gasteiger partial charge in [0.05, 0.1) is 33.3 Å². The molecule has 4 rings (SSSR count). The number of hydrogen-bond acceptors (Lipinski definition) is 7. The first-order valence-corrected chi connectivity index (χ1v) is 9.69. The number of H-pyrrole nitrogens is 1. The summed E-state index contributed by atoms with van der Waals surface area (Å²) in [5.74, 6) is 1.05. The van der Waals surface area contributed by atoms with Crippen LogP contribution in [0.15, 0.2) is 47.2 Å².